The van der Waals surface area contributed by atoms with Crippen LogP contribution in [0.4, 0.5) is 0 Å². The van der Waals surface area contributed by atoms with Gasteiger partial charge in [-0.1, -0.05) is 40.2 Å². The van der Waals surface area contributed by atoms with Gasteiger partial charge in [0.05, 0.1) is 34.7 Å². The number of methoxy groups -OCH3 is 2. The van der Waals surface area contributed by atoms with Crippen LogP contribution in [0.15, 0.2) is 40.9 Å². The summed E-state index contributed by atoms with van der Waals surface area (Å²) < 4.78 is 11.4. The monoisotopic (exact) mass is 421 g/mol. The van der Waals surface area contributed by atoms with Gasteiger partial charge in [0.25, 0.3) is 0 Å². The van der Waals surface area contributed by atoms with E-state index in [2.05, 4.69) is 59.6 Å². The third-order valence-electron chi connectivity index (χ3n) is 3.97. The fourth-order valence-corrected chi connectivity index (χ4v) is 3.11. The van der Waals surface area contributed by atoms with Crippen molar-refractivity contribution in [1.82, 2.24) is 5.32 Å². The zero-order valence-electron chi connectivity index (χ0n) is 15.7. The summed E-state index contributed by atoms with van der Waals surface area (Å²) in [5, 5.41) is 2.96. The summed E-state index contributed by atoms with van der Waals surface area (Å²) in [4.78, 5) is 13.7. The molecule has 26 heavy (non-hydrogen) atoms. The van der Waals surface area contributed by atoms with Crippen molar-refractivity contribution >= 4 is 21.8 Å². The largest absolute Gasteiger partial charge is 0.493 e. The lowest BCUT2D eigenvalue weighted by Crippen LogP contribution is -3.04. The second-order valence-corrected chi connectivity index (χ2v) is 7.31. The minimum atomic E-state index is -0.0419. The summed E-state index contributed by atoms with van der Waals surface area (Å²) in [6.45, 7) is 1.50. The van der Waals surface area contributed by atoms with Crippen molar-refractivity contribution in [1.29, 1.82) is 0 Å². The van der Waals surface area contributed by atoms with Gasteiger partial charge in [-0.2, -0.15) is 0 Å². The molecule has 5 nitrogen and oxygen atoms in total. The smallest absolute Gasteiger partial charge is 0.224 e. The van der Waals surface area contributed by atoms with Gasteiger partial charge in [-0.25, -0.2) is 0 Å². The normalized spacial score (nSPS) is 10.7. The van der Waals surface area contributed by atoms with Gasteiger partial charge in [0.2, 0.25) is 5.91 Å². The predicted octanol–water partition coefficient (Wildman–Crippen LogP) is 1.97. The molecule has 0 spiro atoms. The Hall–Kier alpha value is -2.05. The van der Waals surface area contributed by atoms with Crippen LogP contribution in [0.1, 0.15) is 16.7 Å². The van der Waals surface area contributed by atoms with Gasteiger partial charge in [-0.15, -0.1) is 0 Å². The maximum absolute atomic E-state index is 12.3. The van der Waals surface area contributed by atoms with Crippen LogP contribution in [0.2, 0.25) is 0 Å². The molecule has 0 fully saturated rings. The van der Waals surface area contributed by atoms with Crippen LogP contribution in [-0.4, -0.2) is 34.2 Å². The molecule has 0 heterocycles. The number of carbonyl (C=O) groups excluding carboxylic acids is 1. The Kier molecular flexibility index (Phi) is 7.48. The molecule has 1 amide bonds. The first-order valence-electron chi connectivity index (χ1n) is 8.47. The van der Waals surface area contributed by atoms with Crippen molar-refractivity contribution in [2.24, 2.45) is 0 Å². The molecule has 6 heteroatoms. The number of ether oxygens (including phenoxy) is 2. The van der Waals surface area contributed by atoms with Gasteiger partial charge in [0, 0.05) is 16.6 Å². The van der Waals surface area contributed by atoms with E-state index in [0.717, 1.165) is 22.1 Å². The number of nitrogens with one attached hydrogen (secondary N) is 2. The summed E-state index contributed by atoms with van der Waals surface area (Å²) in [6.07, 6.45) is 0.267. The van der Waals surface area contributed by atoms with Crippen molar-refractivity contribution in [2.75, 3.05) is 28.3 Å². The van der Waals surface area contributed by atoms with E-state index in [-0.39, 0.29) is 12.3 Å². The molecule has 0 aliphatic carbocycles. The van der Waals surface area contributed by atoms with Gasteiger partial charge in [0.15, 0.2) is 11.5 Å². The maximum atomic E-state index is 12.3. The first kappa shape index (κ1) is 20.3. The van der Waals surface area contributed by atoms with Crippen LogP contribution in [-0.2, 0) is 24.3 Å². The molecule has 0 atom stereocenters. The lowest BCUT2D eigenvalue weighted by Gasteiger charge is -2.12. The van der Waals surface area contributed by atoms with Crippen LogP contribution in [0.5, 0.6) is 11.5 Å². The second-order valence-electron chi connectivity index (χ2n) is 6.45. The molecule has 2 rings (SSSR count). The van der Waals surface area contributed by atoms with Gasteiger partial charge in [-0.05, 0) is 23.3 Å². The van der Waals surface area contributed by atoms with E-state index < -0.39 is 0 Å². The van der Waals surface area contributed by atoms with Crippen molar-refractivity contribution < 1.29 is 19.2 Å². The Balaban J connectivity index is 1.94. The SMILES string of the molecule is COc1cc(Br)c(CC(=O)NCc2ccc(C[NH+](C)C)cc2)cc1OC. The molecular formula is C20H26BrN2O3+. The average molecular weight is 422 g/mol. The lowest BCUT2D eigenvalue weighted by molar-refractivity contribution is -0.872. The first-order chi connectivity index (χ1) is 12.4. The molecule has 0 radical (unpaired) electrons. The fraction of sp³-hybridized carbons (Fsp3) is 0.350. The van der Waals surface area contributed by atoms with Gasteiger partial charge in [0.1, 0.15) is 6.54 Å². The van der Waals surface area contributed by atoms with Crippen molar-refractivity contribution in [3.63, 3.8) is 0 Å². The third-order valence-corrected chi connectivity index (χ3v) is 4.71. The van der Waals surface area contributed by atoms with Crippen molar-refractivity contribution in [2.45, 2.75) is 19.5 Å². The van der Waals surface area contributed by atoms with Crippen LogP contribution < -0.4 is 19.7 Å². The van der Waals surface area contributed by atoms with E-state index in [4.69, 9.17) is 9.47 Å². The summed E-state index contributed by atoms with van der Waals surface area (Å²) >= 11 is 3.49. The summed E-state index contributed by atoms with van der Waals surface area (Å²) in [6, 6.07) is 12.0. The number of carbonyl (C=O) groups is 1. The number of amides is 1. The topological polar surface area (TPSA) is 52.0 Å². The van der Waals surface area contributed by atoms with Crippen molar-refractivity contribution in [3.8, 4) is 11.5 Å². The summed E-state index contributed by atoms with van der Waals surface area (Å²) in [5.41, 5.74) is 3.22. The molecule has 0 aliphatic rings. The molecule has 2 N–H and O–H groups in total. The zero-order chi connectivity index (χ0) is 19.1. The van der Waals surface area contributed by atoms with Gasteiger partial charge in [-0.3, -0.25) is 4.79 Å². The standard InChI is InChI=1S/C20H25BrN2O3/c1-23(2)13-15-7-5-14(6-8-15)12-22-20(24)10-16-9-18(25-3)19(26-4)11-17(16)21/h5-9,11H,10,12-13H2,1-4H3,(H,22,24)/p+1. The minimum absolute atomic E-state index is 0.0419. The molecule has 0 saturated heterocycles. The highest BCUT2D eigenvalue weighted by Gasteiger charge is 2.12. The zero-order valence-corrected chi connectivity index (χ0v) is 17.3. The maximum Gasteiger partial charge on any atom is 0.224 e. The second kappa shape index (κ2) is 9.59. The Morgan fingerprint density at radius 2 is 1.62 bits per heavy atom. The Labute approximate surface area is 163 Å². The number of halogens is 1. The highest BCUT2D eigenvalue weighted by molar-refractivity contribution is 9.10. The quantitative estimate of drug-likeness (QED) is 0.684. The number of hydrogen-bond acceptors (Lipinski definition) is 3. The summed E-state index contributed by atoms with van der Waals surface area (Å²) in [7, 11) is 7.42. The molecule has 0 unspecified atom stereocenters. The van der Waals surface area contributed by atoms with Crippen LogP contribution >= 0.6 is 15.9 Å². The van der Waals surface area contributed by atoms with E-state index >= 15 is 0 Å². The number of quaternary nitrogens is 1. The molecule has 0 aromatic heterocycles. The minimum Gasteiger partial charge on any atom is -0.493 e. The molecule has 2 aromatic carbocycles. The number of rotatable bonds is 8. The van der Waals surface area contributed by atoms with Crippen LogP contribution in [0.25, 0.3) is 0 Å². The summed E-state index contributed by atoms with van der Waals surface area (Å²) in [5.74, 6) is 1.19. The van der Waals surface area contributed by atoms with Gasteiger partial charge < -0.3 is 19.7 Å². The molecule has 0 bridgehead atoms. The average Bonchev–Trinajstić information content (AvgIpc) is 2.62. The number of benzene rings is 2. The first-order valence-corrected chi connectivity index (χ1v) is 9.26. The van der Waals surface area contributed by atoms with Crippen LogP contribution in [0.3, 0.4) is 0 Å². The van der Waals surface area contributed by atoms with E-state index in [0.29, 0.717) is 18.0 Å². The Bertz CT molecular complexity index is 745. The van der Waals surface area contributed by atoms with Crippen molar-refractivity contribution in [3.05, 3.63) is 57.6 Å². The molecule has 0 saturated carbocycles. The Morgan fingerprint density at radius 3 is 2.19 bits per heavy atom. The van der Waals surface area contributed by atoms with E-state index in [1.807, 2.05) is 12.1 Å². The molecule has 140 valence electrons. The van der Waals surface area contributed by atoms with E-state index in [9.17, 15) is 4.79 Å². The third kappa shape index (κ3) is 5.75. The van der Waals surface area contributed by atoms with Gasteiger partial charge >= 0.3 is 0 Å². The van der Waals surface area contributed by atoms with Crippen LogP contribution in [0, 0.1) is 0 Å². The van der Waals surface area contributed by atoms with E-state index in [1.54, 1.807) is 14.2 Å². The highest BCUT2D eigenvalue weighted by Crippen LogP contribution is 2.33. The van der Waals surface area contributed by atoms with E-state index in [1.165, 1.54) is 10.5 Å². The highest BCUT2D eigenvalue weighted by atomic mass is 79.9. The lowest BCUT2D eigenvalue weighted by atomic mass is 10.1. The molecule has 0 aliphatic heterocycles. The number of hydrogen-bond donors (Lipinski definition) is 2. The molecule has 2 aromatic rings. The predicted molar refractivity (Wildman–Crippen MR) is 106 cm³/mol. The molecular weight excluding hydrogens is 396 g/mol. The Morgan fingerprint density at radius 1 is 1.04 bits per heavy atom. The fourth-order valence-electron chi connectivity index (χ4n) is 2.65.